The molecule has 0 saturated heterocycles. The Labute approximate surface area is 118 Å². The predicted molar refractivity (Wildman–Crippen MR) is 35.0 cm³/mol. The van der Waals surface area contributed by atoms with E-state index in [1.54, 1.807) is 0 Å². The van der Waals surface area contributed by atoms with Gasteiger partial charge in [-0.3, -0.25) is 0 Å². The molecule has 0 unspecified atom stereocenters. The summed E-state index contributed by atoms with van der Waals surface area (Å²) in [6, 6.07) is 0. The van der Waals surface area contributed by atoms with Gasteiger partial charge in [-0.2, -0.15) is 0 Å². The smallest absolute Gasteiger partial charge is 0.157 e. The molecule has 0 N–H and O–H groups in total. The van der Waals surface area contributed by atoms with E-state index in [-0.39, 0.29) is 89.1 Å². The second kappa shape index (κ2) is 22.5. The van der Waals surface area contributed by atoms with Crippen LogP contribution >= 0.6 is 0 Å². The molecule has 0 bridgehead atoms. The van der Waals surface area contributed by atoms with E-state index in [0.29, 0.717) is 0 Å². The first-order valence-corrected chi connectivity index (χ1v) is 1.81. The van der Waals surface area contributed by atoms with Gasteiger partial charge in [-0.05, 0) is 0 Å². The van der Waals surface area contributed by atoms with Gasteiger partial charge in [0.1, 0.15) is 0 Å². The number of rotatable bonds is 5. The monoisotopic (exact) mass is 225 g/mol. The van der Waals surface area contributed by atoms with E-state index < -0.39 is 0 Å². The molecule has 3 radical (unpaired) electrons. The zero-order valence-corrected chi connectivity index (χ0v) is 11.3. The van der Waals surface area contributed by atoms with E-state index in [1.807, 2.05) is 10.7 Å². The summed E-state index contributed by atoms with van der Waals surface area (Å²) in [6.45, 7) is -0.0928. The third kappa shape index (κ3) is 24.6. The molecular weight excluding hydrogens is 221 g/mol. The van der Waals surface area contributed by atoms with Gasteiger partial charge in [0.15, 0.2) is 23.9 Å². The van der Waals surface area contributed by atoms with Crippen LogP contribution in [0.2, 0.25) is 0 Å². The van der Waals surface area contributed by atoms with Crippen LogP contribution in [0.25, 0.3) is 0 Å². The minimum absolute atomic E-state index is 0. The Kier molecular flexibility index (Phi) is 46.6. The molecule has 0 aromatic rings. The van der Waals surface area contributed by atoms with Crippen LogP contribution in [0.3, 0.4) is 0 Å². The maximum Gasteiger partial charge on any atom is 0.157 e. The molecule has 0 heterocycles. The molecule has 0 spiro atoms. The maximum absolute atomic E-state index is 9.13. The molecular formula is C2H4CoN2Na2O4. The quantitative estimate of drug-likeness (QED) is 0.276. The summed E-state index contributed by atoms with van der Waals surface area (Å²) in [5.74, 6) is 0. The van der Waals surface area contributed by atoms with Crippen LogP contribution in [0.1, 0.15) is 0 Å². The van der Waals surface area contributed by atoms with E-state index in [0.717, 1.165) is 0 Å². The SMILES string of the molecule is O=NOCCON=O.[Co].[Na].[Na]. The summed E-state index contributed by atoms with van der Waals surface area (Å²) in [7, 11) is 0. The molecule has 0 atom stereocenters. The summed E-state index contributed by atoms with van der Waals surface area (Å²) in [5, 5.41) is 4.07. The Morgan fingerprint density at radius 1 is 0.909 bits per heavy atom. The fraction of sp³-hybridized carbons (Fsp3) is 1.00. The molecule has 0 aliphatic rings. The molecule has 0 saturated carbocycles. The Balaban J connectivity index is -0.0000000817. The zero-order chi connectivity index (χ0) is 6.24. The van der Waals surface area contributed by atoms with Crippen molar-refractivity contribution in [3.8, 4) is 0 Å². The first-order chi connectivity index (χ1) is 3.91. The van der Waals surface area contributed by atoms with Crippen LogP contribution in [0.5, 0.6) is 0 Å². The van der Waals surface area contributed by atoms with Crippen LogP contribution in [-0.4, -0.2) is 72.3 Å². The fourth-order valence-electron chi connectivity index (χ4n) is 0.149. The first-order valence-electron chi connectivity index (χ1n) is 1.81. The summed E-state index contributed by atoms with van der Waals surface area (Å²) in [4.78, 5) is 26.0. The zero-order valence-electron chi connectivity index (χ0n) is 6.27. The van der Waals surface area contributed by atoms with Gasteiger partial charge >= 0.3 is 0 Å². The molecule has 0 aliphatic carbocycles. The van der Waals surface area contributed by atoms with Gasteiger partial charge in [-0.25, -0.2) is 0 Å². The average Bonchev–Trinajstić information content (AvgIpc) is 1.81. The molecule has 11 heavy (non-hydrogen) atoms. The predicted octanol–water partition coefficient (Wildman–Crippen LogP) is -0.382. The van der Waals surface area contributed by atoms with Crippen LogP contribution in [-0.2, 0) is 26.5 Å². The first kappa shape index (κ1) is 22.8. The van der Waals surface area contributed by atoms with Crippen LogP contribution in [0.4, 0.5) is 0 Å². The van der Waals surface area contributed by atoms with Crippen LogP contribution in [0.15, 0.2) is 10.7 Å². The summed E-state index contributed by atoms with van der Waals surface area (Å²) < 4.78 is 0. The standard InChI is InChI=1S/C2H4N2O4.Co.2Na/c5-3-7-1-2-8-4-6;;;/h1-2H2;;;. The molecule has 0 fully saturated rings. The maximum atomic E-state index is 9.13. The van der Waals surface area contributed by atoms with E-state index in [1.165, 1.54) is 0 Å². The number of hydrogen-bond acceptors (Lipinski definition) is 6. The second-order valence-corrected chi connectivity index (χ2v) is 0.816. The second-order valence-electron chi connectivity index (χ2n) is 0.816. The van der Waals surface area contributed by atoms with Gasteiger partial charge in [0, 0.05) is 75.9 Å². The van der Waals surface area contributed by atoms with Gasteiger partial charge < -0.3 is 9.68 Å². The van der Waals surface area contributed by atoms with Crippen molar-refractivity contribution in [1.82, 2.24) is 0 Å². The van der Waals surface area contributed by atoms with Crippen molar-refractivity contribution in [3.63, 3.8) is 0 Å². The summed E-state index contributed by atoms with van der Waals surface area (Å²) >= 11 is 0. The molecule has 9 heteroatoms. The third-order valence-corrected chi connectivity index (χ3v) is 0.371. The molecule has 0 rings (SSSR count). The van der Waals surface area contributed by atoms with Crippen LogP contribution in [0, 0.1) is 9.81 Å². The largest absolute Gasteiger partial charge is 0.360 e. The summed E-state index contributed by atoms with van der Waals surface area (Å²) in [6.07, 6.45) is 0. The molecule has 0 aromatic heterocycles. The molecule has 6 nitrogen and oxygen atoms in total. The van der Waals surface area contributed by atoms with Crippen molar-refractivity contribution >= 4 is 59.1 Å². The van der Waals surface area contributed by atoms with Crippen molar-refractivity contribution in [2.24, 2.45) is 10.7 Å². The van der Waals surface area contributed by atoms with Gasteiger partial charge in [0.05, 0.1) is 0 Å². The van der Waals surface area contributed by atoms with E-state index in [2.05, 4.69) is 9.68 Å². The fourth-order valence-corrected chi connectivity index (χ4v) is 0.149. The average molecular weight is 225 g/mol. The molecule has 0 aromatic carbocycles. The normalized spacial score (nSPS) is 5.45. The Hall–Kier alpha value is 1.31. The Morgan fingerprint density at radius 2 is 1.18 bits per heavy atom. The molecule has 57 valence electrons. The Morgan fingerprint density at radius 3 is 1.36 bits per heavy atom. The van der Waals surface area contributed by atoms with Crippen molar-refractivity contribution in [2.45, 2.75) is 0 Å². The van der Waals surface area contributed by atoms with Crippen molar-refractivity contribution in [2.75, 3.05) is 13.2 Å². The molecule has 0 aliphatic heterocycles. The number of nitrogens with zero attached hydrogens (tertiary/aromatic N) is 2. The Bertz CT molecular complexity index is 76.5. The number of hydrogen-bond donors (Lipinski definition) is 0. The van der Waals surface area contributed by atoms with E-state index in [9.17, 15) is 0 Å². The topological polar surface area (TPSA) is 77.3 Å². The molecule has 0 amide bonds. The van der Waals surface area contributed by atoms with Gasteiger partial charge in [0.2, 0.25) is 0 Å². The summed E-state index contributed by atoms with van der Waals surface area (Å²) in [5.41, 5.74) is 0. The van der Waals surface area contributed by atoms with Crippen molar-refractivity contribution < 1.29 is 26.5 Å². The van der Waals surface area contributed by atoms with Gasteiger partial charge in [-0.1, -0.05) is 0 Å². The van der Waals surface area contributed by atoms with Crippen LogP contribution < -0.4 is 0 Å². The van der Waals surface area contributed by atoms with Gasteiger partial charge in [0.25, 0.3) is 0 Å². The minimum atomic E-state index is -0.0464. The van der Waals surface area contributed by atoms with E-state index in [4.69, 9.17) is 9.81 Å². The van der Waals surface area contributed by atoms with Gasteiger partial charge in [-0.15, -0.1) is 9.81 Å². The van der Waals surface area contributed by atoms with Crippen molar-refractivity contribution in [1.29, 1.82) is 0 Å². The van der Waals surface area contributed by atoms with Crippen molar-refractivity contribution in [3.05, 3.63) is 9.81 Å². The van der Waals surface area contributed by atoms with E-state index >= 15 is 0 Å². The third-order valence-electron chi connectivity index (χ3n) is 0.371. The minimum Gasteiger partial charge on any atom is -0.360 e.